The normalized spacial score (nSPS) is 17.4. The smallest absolute Gasteiger partial charge is 0.221 e. The number of carbonyl (C=O) groups excluding carboxylic acids is 1. The maximum absolute atomic E-state index is 11.8. The van der Waals surface area contributed by atoms with Crippen LogP contribution < -0.4 is 5.32 Å². The van der Waals surface area contributed by atoms with Crippen molar-refractivity contribution in [2.24, 2.45) is 0 Å². The van der Waals surface area contributed by atoms with E-state index in [0.29, 0.717) is 26.3 Å². The molecule has 8 heteroatoms. The number of nitrogens with one attached hydrogen (secondary N) is 1. The van der Waals surface area contributed by atoms with E-state index in [0.717, 1.165) is 13.1 Å². The van der Waals surface area contributed by atoms with Crippen molar-refractivity contribution < 1.29 is 17.9 Å². The molecule has 1 N–H and O–H groups in total. The highest BCUT2D eigenvalue weighted by atomic mass is 32.2. The van der Waals surface area contributed by atoms with E-state index in [9.17, 15) is 13.2 Å². The van der Waals surface area contributed by atoms with Gasteiger partial charge in [0.05, 0.1) is 19.5 Å². The van der Waals surface area contributed by atoms with Gasteiger partial charge < -0.3 is 10.1 Å². The molecule has 0 aromatic rings. The van der Waals surface area contributed by atoms with Crippen molar-refractivity contribution >= 4 is 15.9 Å². The van der Waals surface area contributed by atoms with Gasteiger partial charge in [0.1, 0.15) is 0 Å². The number of carbonyl (C=O) groups is 1. The van der Waals surface area contributed by atoms with Crippen LogP contribution in [0.15, 0.2) is 0 Å². The molecule has 124 valence electrons. The van der Waals surface area contributed by atoms with Gasteiger partial charge in [-0.3, -0.25) is 9.69 Å². The average molecular weight is 321 g/mol. The van der Waals surface area contributed by atoms with Gasteiger partial charge in [0, 0.05) is 45.2 Å². The maximum Gasteiger partial charge on any atom is 0.221 e. The average Bonchev–Trinajstić information content (AvgIpc) is 2.37. The Hall–Kier alpha value is -0.700. The Balaban J connectivity index is 2.42. The first-order valence-corrected chi connectivity index (χ1v) is 9.18. The maximum atomic E-state index is 11.8. The van der Waals surface area contributed by atoms with Gasteiger partial charge in [-0.25, -0.2) is 12.7 Å². The summed E-state index contributed by atoms with van der Waals surface area (Å²) in [5, 5.41) is 2.77. The lowest BCUT2D eigenvalue weighted by Crippen LogP contribution is -2.44. The van der Waals surface area contributed by atoms with Crippen LogP contribution in [0.1, 0.15) is 20.3 Å². The molecule has 21 heavy (non-hydrogen) atoms. The number of rotatable bonds is 8. The molecular weight excluding hydrogens is 294 g/mol. The third-order valence-corrected chi connectivity index (χ3v) is 4.58. The van der Waals surface area contributed by atoms with E-state index in [1.807, 2.05) is 13.8 Å². The summed E-state index contributed by atoms with van der Waals surface area (Å²) in [6, 6.07) is 0.0672. The Morgan fingerprint density at radius 3 is 2.43 bits per heavy atom. The van der Waals surface area contributed by atoms with E-state index in [2.05, 4.69) is 10.2 Å². The molecule has 0 atom stereocenters. The van der Waals surface area contributed by atoms with E-state index in [-0.39, 0.29) is 24.9 Å². The second-order valence-corrected chi connectivity index (χ2v) is 7.57. The molecule has 1 aliphatic rings. The molecule has 0 saturated carbocycles. The van der Waals surface area contributed by atoms with E-state index < -0.39 is 10.0 Å². The van der Waals surface area contributed by atoms with E-state index in [1.54, 1.807) is 0 Å². The quantitative estimate of drug-likeness (QED) is 0.652. The fraction of sp³-hybridized carbons (Fsp3) is 0.923. The number of morpholine rings is 1. The lowest BCUT2D eigenvalue weighted by molar-refractivity contribution is -0.121. The molecule has 1 heterocycles. The molecule has 0 unspecified atom stereocenters. The van der Waals surface area contributed by atoms with Gasteiger partial charge in [0.15, 0.2) is 0 Å². The predicted molar refractivity (Wildman–Crippen MR) is 81.6 cm³/mol. The Kier molecular flexibility index (Phi) is 7.58. The molecule has 0 aromatic heterocycles. The standard InChI is InChI=1S/C13H27N3O4S/c1-12(2)14-13(17)4-5-16(21(3,18)19)7-6-15-8-10-20-11-9-15/h12H,4-11H2,1-3H3,(H,14,17). The highest BCUT2D eigenvalue weighted by Crippen LogP contribution is 2.03. The van der Waals surface area contributed by atoms with Gasteiger partial charge in [-0.2, -0.15) is 0 Å². The summed E-state index contributed by atoms with van der Waals surface area (Å²) >= 11 is 0. The first kappa shape index (κ1) is 18.3. The van der Waals surface area contributed by atoms with Gasteiger partial charge >= 0.3 is 0 Å². The molecule has 0 aliphatic carbocycles. The van der Waals surface area contributed by atoms with Crippen LogP contribution in [0.4, 0.5) is 0 Å². The van der Waals surface area contributed by atoms with Crippen molar-refractivity contribution in [1.29, 1.82) is 0 Å². The summed E-state index contributed by atoms with van der Waals surface area (Å²) in [6.45, 7) is 8.09. The summed E-state index contributed by atoms with van der Waals surface area (Å²) in [7, 11) is -3.29. The molecule has 1 aliphatic heterocycles. The third kappa shape index (κ3) is 7.75. The summed E-state index contributed by atoms with van der Waals surface area (Å²) in [4.78, 5) is 13.8. The number of nitrogens with zero attached hydrogens (tertiary/aromatic N) is 2. The topological polar surface area (TPSA) is 79.0 Å². The monoisotopic (exact) mass is 321 g/mol. The first-order chi connectivity index (χ1) is 9.79. The van der Waals surface area contributed by atoms with Crippen LogP contribution in [-0.4, -0.2) is 81.8 Å². The zero-order valence-corrected chi connectivity index (χ0v) is 14.0. The van der Waals surface area contributed by atoms with Crippen molar-refractivity contribution in [3.05, 3.63) is 0 Å². The zero-order chi connectivity index (χ0) is 15.9. The van der Waals surface area contributed by atoms with E-state index >= 15 is 0 Å². The number of hydrogen-bond acceptors (Lipinski definition) is 5. The van der Waals surface area contributed by atoms with Crippen LogP contribution in [0.3, 0.4) is 0 Å². The lowest BCUT2D eigenvalue weighted by atomic mass is 10.3. The molecule has 7 nitrogen and oxygen atoms in total. The van der Waals surface area contributed by atoms with Crippen LogP contribution in [-0.2, 0) is 19.6 Å². The molecule has 1 fully saturated rings. The lowest BCUT2D eigenvalue weighted by Gasteiger charge is -2.29. The minimum atomic E-state index is -3.29. The second kappa shape index (κ2) is 8.67. The molecule has 0 bridgehead atoms. The second-order valence-electron chi connectivity index (χ2n) is 5.59. The summed E-state index contributed by atoms with van der Waals surface area (Å²) in [5.74, 6) is -0.120. The molecular formula is C13H27N3O4S. The van der Waals surface area contributed by atoms with Crippen molar-refractivity contribution in [3.63, 3.8) is 0 Å². The van der Waals surface area contributed by atoms with Crippen LogP contribution in [0.25, 0.3) is 0 Å². The van der Waals surface area contributed by atoms with Gasteiger partial charge in [-0.1, -0.05) is 0 Å². The largest absolute Gasteiger partial charge is 0.379 e. The molecule has 0 spiro atoms. The summed E-state index contributed by atoms with van der Waals surface area (Å²) in [5.41, 5.74) is 0. The van der Waals surface area contributed by atoms with Gasteiger partial charge in [-0.15, -0.1) is 0 Å². The number of amides is 1. The Bertz CT molecular complexity index is 419. The zero-order valence-electron chi connectivity index (χ0n) is 13.2. The Labute approximate surface area is 127 Å². The highest BCUT2D eigenvalue weighted by molar-refractivity contribution is 7.88. The van der Waals surface area contributed by atoms with Crippen LogP contribution >= 0.6 is 0 Å². The first-order valence-electron chi connectivity index (χ1n) is 7.33. The molecule has 1 amide bonds. The van der Waals surface area contributed by atoms with E-state index in [1.165, 1.54) is 10.6 Å². The SMILES string of the molecule is CC(C)NC(=O)CCN(CCN1CCOCC1)S(C)(=O)=O. The van der Waals surface area contributed by atoms with Gasteiger partial charge in [0.2, 0.25) is 15.9 Å². The van der Waals surface area contributed by atoms with Crippen LogP contribution in [0.2, 0.25) is 0 Å². The van der Waals surface area contributed by atoms with Crippen molar-refractivity contribution in [3.8, 4) is 0 Å². The third-order valence-electron chi connectivity index (χ3n) is 3.28. The highest BCUT2D eigenvalue weighted by Gasteiger charge is 2.20. The number of ether oxygens (including phenoxy) is 1. The van der Waals surface area contributed by atoms with Crippen molar-refractivity contribution in [1.82, 2.24) is 14.5 Å². The molecule has 1 saturated heterocycles. The summed E-state index contributed by atoms with van der Waals surface area (Å²) < 4.78 is 30.2. The van der Waals surface area contributed by atoms with Crippen molar-refractivity contribution in [2.75, 3.05) is 52.2 Å². The molecule has 0 radical (unpaired) electrons. The van der Waals surface area contributed by atoms with E-state index in [4.69, 9.17) is 4.74 Å². The van der Waals surface area contributed by atoms with Crippen molar-refractivity contribution in [2.45, 2.75) is 26.3 Å². The number of hydrogen-bond donors (Lipinski definition) is 1. The predicted octanol–water partition coefficient (Wildman–Crippen LogP) is -0.505. The van der Waals surface area contributed by atoms with Gasteiger partial charge in [0.25, 0.3) is 0 Å². The van der Waals surface area contributed by atoms with Crippen LogP contribution in [0.5, 0.6) is 0 Å². The fourth-order valence-electron chi connectivity index (χ4n) is 2.14. The number of sulfonamides is 1. The fourth-order valence-corrected chi connectivity index (χ4v) is 2.98. The molecule has 1 rings (SSSR count). The summed E-state index contributed by atoms with van der Waals surface area (Å²) in [6.07, 6.45) is 1.38. The van der Waals surface area contributed by atoms with Gasteiger partial charge in [-0.05, 0) is 13.8 Å². The Morgan fingerprint density at radius 1 is 1.29 bits per heavy atom. The van der Waals surface area contributed by atoms with Crippen LogP contribution in [0, 0.1) is 0 Å². The Morgan fingerprint density at radius 2 is 1.90 bits per heavy atom. The minimum absolute atomic E-state index is 0.0672. The molecule has 0 aromatic carbocycles. The minimum Gasteiger partial charge on any atom is -0.379 e.